The van der Waals surface area contributed by atoms with E-state index in [9.17, 15) is 0 Å². The topological polar surface area (TPSA) is 35.2 Å². The zero-order chi connectivity index (χ0) is 13.1. The summed E-state index contributed by atoms with van der Waals surface area (Å²) >= 11 is 0. The van der Waals surface area contributed by atoms with Crippen LogP contribution in [-0.4, -0.2) is 13.2 Å². The van der Waals surface area contributed by atoms with Gasteiger partial charge in [-0.3, -0.25) is 0 Å². The molecule has 2 aromatic carbocycles. The number of nitrogens with two attached hydrogens (primary N) is 1. The largest absolute Gasteiger partial charge is 0.381 e. The molecule has 0 aliphatic carbocycles. The molecular formula is C17H21NO. The second-order valence-electron chi connectivity index (χ2n) is 5.47. The van der Waals surface area contributed by atoms with Crippen LogP contribution in [0.1, 0.15) is 30.9 Å². The van der Waals surface area contributed by atoms with Crippen LogP contribution in [0.4, 0.5) is 0 Å². The Labute approximate surface area is 114 Å². The van der Waals surface area contributed by atoms with E-state index in [0.717, 1.165) is 32.5 Å². The van der Waals surface area contributed by atoms with Crippen LogP contribution in [0.3, 0.4) is 0 Å². The van der Waals surface area contributed by atoms with Crippen molar-refractivity contribution in [2.24, 2.45) is 11.7 Å². The Balaban J connectivity index is 1.82. The lowest BCUT2D eigenvalue weighted by Gasteiger charge is -2.25. The molecule has 2 N–H and O–H groups in total. The van der Waals surface area contributed by atoms with E-state index in [1.165, 1.54) is 16.3 Å². The van der Waals surface area contributed by atoms with Crippen molar-refractivity contribution in [3.05, 3.63) is 48.0 Å². The predicted molar refractivity (Wildman–Crippen MR) is 79.0 cm³/mol. The summed E-state index contributed by atoms with van der Waals surface area (Å²) in [5, 5.41) is 2.58. The highest BCUT2D eigenvalue weighted by atomic mass is 16.5. The first-order valence-electron chi connectivity index (χ1n) is 7.15. The zero-order valence-electron chi connectivity index (χ0n) is 11.2. The van der Waals surface area contributed by atoms with Gasteiger partial charge in [0.15, 0.2) is 0 Å². The third-order valence-corrected chi connectivity index (χ3v) is 4.15. The van der Waals surface area contributed by atoms with Crippen molar-refractivity contribution < 1.29 is 4.74 Å². The van der Waals surface area contributed by atoms with Gasteiger partial charge in [-0.05, 0) is 41.5 Å². The van der Waals surface area contributed by atoms with Crippen molar-refractivity contribution >= 4 is 10.8 Å². The summed E-state index contributed by atoms with van der Waals surface area (Å²) in [5.74, 6) is 0.711. The van der Waals surface area contributed by atoms with Crippen LogP contribution in [0.25, 0.3) is 10.8 Å². The molecule has 19 heavy (non-hydrogen) atoms. The normalized spacial score (nSPS) is 18.6. The van der Waals surface area contributed by atoms with E-state index in [4.69, 9.17) is 10.5 Å². The molecule has 1 fully saturated rings. The van der Waals surface area contributed by atoms with E-state index >= 15 is 0 Å². The van der Waals surface area contributed by atoms with Crippen molar-refractivity contribution in [2.75, 3.05) is 13.2 Å². The van der Waals surface area contributed by atoms with Gasteiger partial charge >= 0.3 is 0 Å². The average molecular weight is 255 g/mol. The Hall–Kier alpha value is -1.38. The first-order chi connectivity index (χ1) is 9.34. The maximum atomic E-state index is 6.45. The molecule has 2 heteroatoms. The number of hydrogen-bond acceptors (Lipinski definition) is 2. The number of ether oxygens (including phenoxy) is 1. The molecule has 1 saturated heterocycles. The summed E-state index contributed by atoms with van der Waals surface area (Å²) in [7, 11) is 0. The van der Waals surface area contributed by atoms with Gasteiger partial charge < -0.3 is 10.5 Å². The second-order valence-corrected chi connectivity index (χ2v) is 5.47. The van der Waals surface area contributed by atoms with Crippen molar-refractivity contribution in [1.82, 2.24) is 0 Å². The van der Waals surface area contributed by atoms with Gasteiger partial charge in [0.2, 0.25) is 0 Å². The van der Waals surface area contributed by atoms with Gasteiger partial charge in [0.05, 0.1) is 0 Å². The molecule has 2 aromatic rings. The molecule has 1 atom stereocenters. The average Bonchev–Trinajstić information content (AvgIpc) is 2.47. The smallest absolute Gasteiger partial charge is 0.0468 e. The van der Waals surface area contributed by atoms with E-state index in [0.29, 0.717) is 5.92 Å². The van der Waals surface area contributed by atoms with Gasteiger partial charge in [-0.1, -0.05) is 42.5 Å². The van der Waals surface area contributed by atoms with E-state index in [2.05, 4.69) is 42.5 Å². The number of hydrogen-bond donors (Lipinski definition) is 1. The third kappa shape index (κ3) is 2.80. The van der Waals surface area contributed by atoms with Gasteiger partial charge in [0.1, 0.15) is 0 Å². The zero-order valence-corrected chi connectivity index (χ0v) is 11.2. The summed E-state index contributed by atoms with van der Waals surface area (Å²) < 4.78 is 5.42. The lowest BCUT2D eigenvalue weighted by Crippen LogP contribution is -2.21. The summed E-state index contributed by atoms with van der Waals surface area (Å²) in [4.78, 5) is 0. The van der Waals surface area contributed by atoms with E-state index in [1.54, 1.807) is 0 Å². The van der Waals surface area contributed by atoms with Crippen LogP contribution in [-0.2, 0) is 4.74 Å². The second kappa shape index (κ2) is 5.72. The highest BCUT2D eigenvalue weighted by Gasteiger charge is 2.19. The molecule has 0 bridgehead atoms. The minimum Gasteiger partial charge on any atom is -0.381 e. The molecule has 1 unspecified atom stereocenters. The maximum Gasteiger partial charge on any atom is 0.0468 e. The van der Waals surface area contributed by atoms with Crippen molar-refractivity contribution in [3.63, 3.8) is 0 Å². The van der Waals surface area contributed by atoms with Crippen molar-refractivity contribution in [3.8, 4) is 0 Å². The Kier molecular flexibility index (Phi) is 3.81. The molecule has 100 valence electrons. The first-order valence-corrected chi connectivity index (χ1v) is 7.15. The Morgan fingerprint density at radius 3 is 2.63 bits per heavy atom. The predicted octanol–water partition coefficient (Wildman–Crippen LogP) is 3.66. The highest BCUT2D eigenvalue weighted by Crippen LogP contribution is 2.30. The van der Waals surface area contributed by atoms with Crippen LogP contribution in [0, 0.1) is 5.92 Å². The maximum absolute atomic E-state index is 6.45. The summed E-state index contributed by atoms with van der Waals surface area (Å²) in [6, 6.07) is 15.1. The summed E-state index contributed by atoms with van der Waals surface area (Å²) in [6.07, 6.45) is 3.37. The fourth-order valence-electron chi connectivity index (χ4n) is 3.04. The van der Waals surface area contributed by atoms with Gasteiger partial charge in [0, 0.05) is 19.3 Å². The monoisotopic (exact) mass is 255 g/mol. The minimum absolute atomic E-state index is 0.134. The van der Waals surface area contributed by atoms with Crippen molar-refractivity contribution in [2.45, 2.75) is 25.3 Å². The summed E-state index contributed by atoms with van der Waals surface area (Å²) in [6.45, 7) is 1.79. The molecule has 1 aliphatic heterocycles. The Morgan fingerprint density at radius 1 is 1.05 bits per heavy atom. The third-order valence-electron chi connectivity index (χ3n) is 4.15. The highest BCUT2D eigenvalue weighted by molar-refractivity contribution is 5.86. The Bertz CT molecular complexity index is 540. The van der Waals surface area contributed by atoms with Gasteiger partial charge in [-0.25, -0.2) is 0 Å². The lowest BCUT2D eigenvalue weighted by molar-refractivity contribution is 0.0619. The molecule has 0 amide bonds. The van der Waals surface area contributed by atoms with Crippen LogP contribution in [0.5, 0.6) is 0 Å². The van der Waals surface area contributed by atoms with E-state index in [-0.39, 0.29) is 6.04 Å². The molecule has 2 nitrogen and oxygen atoms in total. The Morgan fingerprint density at radius 2 is 1.79 bits per heavy atom. The fraction of sp³-hybridized carbons (Fsp3) is 0.412. The molecule has 1 heterocycles. The molecule has 1 aliphatic rings. The van der Waals surface area contributed by atoms with Gasteiger partial charge in [-0.15, -0.1) is 0 Å². The molecule has 0 spiro atoms. The SMILES string of the molecule is NC(CC1CCOCC1)c1cccc2ccccc12. The molecule has 0 radical (unpaired) electrons. The first kappa shape index (κ1) is 12.6. The van der Waals surface area contributed by atoms with Crippen LogP contribution >= 0.6 is 0 Å². The fourth-order valence-corrected chi connectivity index (χ4v) is 3.04. The van der Waals surface area contributed by atoms with E-state index < -0.39 is 0 Å². The van der Waals surface area contributed by atoms with Crippen LogP contribution in [0.2, 0.25) is 0 Å². The molecule has 0 saturated carbocycles. The number of benzene rings is 2. The summed E-state index contributed by atoms with van der Waals surface area (Å²) in [5.41, 5.74) is 7.73. The van der Waals surface area contributed by atoms with Crippen LogP contribution in [0.15, 0.2) is 42.5 Å². The number of rotatable bonds is 3. The number of fused-ring (bicyclic) bond motifs is 1. The molecular weight excluding hydrogens is 234 g/mol. The lowest BCUT2D eigenvalue weighted by atomic mass is 9.88. The minimum atomic E-state index is 0.134. The van der Waals surface area contributed by atoms with Crippen molar-refractivity contribution in [1.29, 1.82) is 0 Å². The quantitative estimate of drug-likeness (QED) is 0.908. The van der Waals surface area contributed by atoms with Crippen LogP contribution < -0.4 is 5.73 Å². The van der Waals surface area contributed by atoms with E-state index in [1.807, 2.05) is 0 Å². The molecule has 0 aromatic heterocycles. The molecule has 3 rings (SSSR count). The van der Waals surface area contributed by atoms with Gasteiger partial charge in [0.25, 0.3) is 0 Å². The standard InChI is InChI=1S/C17H21NO/c18-17(12-13-8-10-19-11-9-13)16-7-3-5-14-4-1-2-6-15(14)16/h1-7,13,17H,8-12,18H2. The van der Waals surface area contributed by atoms with Gasteiger partial charge in [-0.2, -0.15) is 0 Å².